The van der Waals surface area contributed by atoms with Crippen LogP contribution in [0, 0.1) is 5.82 Å². The Morgan fingerprint density at radius 3 is 2.62 bits per heavy atom. The number of piperazine rings is 1. The highest BCUT2D eigenvalue weighted by Crippen LogP contribution is 2.32. The van der Waals surface area contributed by atoms with Crippen LogP contribution in [0.1, 0.15) is 22.8 Å². The van der Waals surface area contributed by atoms with Gasteiger partial charge in [-0.3, -0.25) is 4.79 Å². The minimum atomic E-state index is -4.81. The van der Waals surface area contributed by atoms with Crippen molar-refractivity contribution < 1.29 is 22.4 Å². The normalized spacial score (nSPS) is 19.1. The first kappa shape index (κ1) is 17.7. The average molecular weight is 327 g/mol. The van der Waals surface area contributed by atoms with E-state index in [1.807, 2.05) is 0 Å². The molecule has 1 amide bonds. The number of nitrogens with one attached hydrogen (secondary N) is 1. The van der Waals surface area contributed by atoms with Gasteiger partial charge in [-0.2, -0.15) is 13.2 Å². The van der Waals surface area contributed by atoms with Crippen LogP contribution in [-0.2, 0) is 6.18 Å². The summed E-state index contributed by atoms with van der Waals surface area (Å²) in [5.74, 6) is -2.21. The van der Waals surface area contributed by atoms with Crippen molar-refractivity contribution in [3.63, 3.8) is 0 Å². The standard InChI is InChI=1S/C13H14F4N2O.ClH/c1-8-7-18-5-6-19(8)12(20)9-3-2-4-10(11(9)14)13(15,16)17;/h2-4,8,18H,5-7H2,1H3;1H. The van der Waals surface area contributed by atoms with Crippen LogP contribution in [0.15, 0.2) is 18.2 Å². The van der Waals surface area contributed by atoms with Gasteiger partial charge in [0.25, 0.3) is 5.91 Å². The first-order valence-corrected chi connectivity index (χ1v) is 6.19. The number of benzene rings is 1. The molecule has 2 rings (SSSR count). The molecule has 1 aromatic carbocycles. The van der Waals surface area contributed by atoms with Crippen molar-refractivity contribution in [3.05, 3.63) is 35.1 Å². The van der Waals surface area contributed by atoms with E-state index in [2.05, 4.69) is 5.32 Å². The van der Waals surface area contributed by atoms with Gasteiger partial charge in [0.2, 0.25) is 0 Å². The molecule has 8 heteroatoms. The largest absolute Gasteiger partial charge is 0.419 e. The van der Waals surface area contributed by atoms with Gasteiger partial charge in [0, 0.05) is 25.7 Å². The molecule has 0 radical (unpaired) electrons. The van der Waals surface area contributed by atoms with E-state index in [1.54, 1.807) is 6.92 Å². The summed E-state index contributed by atoms with van der Waals surface area (Å²) in [5, 5.41) is 3.05. The van der Waals surface area contributed by atoms with Crippen molar-refractivity contribution in [1.82, 2.24) is 10.2 Å². The molecule has 1 unspecified atom stereocenters. The zero-order valence-electron chi connectivity index (χ0n) is 11.2. The highest BCUT2D eigenvalue weighted by Gasteiger charge is 2.36. The molecule has 1 aliphatic rings. The molecule has 0 bridgehead atoms. The molecule has 1 fully saturated rings. The summed E-state index contributed by atoms with van der Waals surface area (Å²) in [4.78, 5) is 13.6. The third-order valence-electron chi connectivity index (χ3n) is 3.30. The molecular weight excluding hydrogens is 312 g/mol. The maximum atomic E-state index is 13.9. The Hall–Kier alpha value is -1.34. The Morgan fingerprint density at radius 2 is 2.05 bits per heavy atom. The smallest absolute Gasteiger partial charge is 0.333 e. The molecule has 1 atom stereocenters. The van der Waals surface area contributed by atoms with Crippen LogP contribution < -0.4 is 5.32 Å². The fourth-order valence-corrected chi connectivity index (χ4v) is 2.21. The highest BCUT2D eigenvalue weighted by atomic mass is 35.5. The summed E-state index contributed by atoms with van der Waals surface area (Å²) in [6.07, 6.45) is -4.81. The lowest BCUT2D eigenvalue weighted by Gasteiger charge is -2.34. The third kappa shape index (κ3) is 3.65. The van der Waals surface area contributed by atoms with E-state index in [0.29, 0.717) is 25.7 Å². The SMILES string of the molecule is CC1CNCCN1C(=O)c1cccc(C(F)(F)F)c1F.Cl. The number of hydrogen-bond acceptors (Lipinski definition) is 2. The third-order valence-corrected chi connectivity index (χ3v) is 3.30. The molecule has 21 heavy (non-hydrogen) atoms. The molecule has 3 nitrogen and oxygen atoms in total. The predicted molar refractivity (Wildman–Crippen MR) is 72.0 cm³/mol. The molecule has 0 aliphatic carbocycles. The van der Waals surface area contributed by atoms with Gasteiger partial charge in [-0.25, -0.2) is 4.39 Å². The van der Waals surface area contributed by atoms with Gasteiger partial charge in [-0.15, -0.1) is 12.4 Å². The number of rotatable bonds is 1. The van der Waals surface area contributed by atoms with Gasteiger partial charge in [0.05, 0.1) is 11.1 Å². The van der Waals surface area contributed by atoms with Gasteiger partial charge in [0.1, 0.15) is 5.82 Å². The lowest BCUT2D eigenvalue weighted by molar-refractivity contribution is -0.140. The maximum Gasteiger partial charge on any atom is 0.419 e. The van der Waals surface area contributed by atoms with Crippen molar-refractivity contribution >= 4 is 18.3 Å². The second-order valence-electron chi connectivity index (χ2n) is 4.72. The Labute approximate surface area is 125 Å². The minimum Gasteiger partial charge on any atom is -0.333 e. The van der Waals surface area contributed by atoms with E-state index in [-0.39, 0.29) is 18.4 Å². The lowest BCUT2D eigenvalue weighted by atomic mass is 10.1. The molecule has 0 saturated carbocycles. The molecule has 0 aromatic heterocycles. The maximum absolute atomic E-state index is 13.9. The summed E-state index contributed by atoms with van der Waals surface area (Å²) >= 11 is 0. The van der Waals surface area contributed by atoms with Crippen molar-refractivity contribution in [2.24, 2.45) is 0 Å². The van der Waals surface area contributed by atoms with Crippen LogP contribution in [0.3, 0.4) is 0 Å². The molecule has 1 aliphatic heterocycles. The monoisotopic (exact) mass is 326 g/mol. The second kappa shape index (κ2) is 6.62. The molecule has 0 spiro atoms. The number of alkyl halides is 3. The van der Waals surface area contributed by atoms with E-state index in [9.17, 15) is 22.4 Å². The Morgan fingerprint density at radius 1 is 1.38 bits per heavy atom. The Balaban J connectivity index is 0.00000220. The minimum absolute atomic E-state index is 0. The summed E-state index contributed by atoms with van der Waals surface area (Å²) in [6.45, 7) is 3.17. The number of nitrogens with zero attached hydrogens (tertiary/aromatic N) is 1. The zero-order valence-corrected chi connectivity index (χ0v) is 12.0. The van der Waals surface area contributed by atoms with Crippen molar-refractivity contribution in [2.45, 2.75) is 19.1 Å². The van der Waals surface area contributed by atoms with Crippen molar-refractivity contribution in [2.75, 3.05) is 19.6 Å². The average Bonchev–Trinajstić information content (AvgIpc) is 2.37. The summed E-state index contributed by atoms with van der Waals surface area (Å²) in [7, 11) is 0. The number of carbonyl (C=O) groups is 1. The van der Waals surface area contributed by atoms with E-state index < -0.39 is 29.0 Å². The summed E-state index contributed by atoms with van der Waals surface area (Å²) < 4.78 is 51.8. The van der Waals surface area contributed by atoms with E-state index in [4.69, 9.17) is 0 Å². The highest BCUT2D eigenvalue weighted by molar-refractivity contribution is 5.95. The Bertz CT molecular complexity index is 521. The first-order chi connectivity index (χ1) is 9.32. The lowest BCUT2D eigenvalue weighted by Crippen LogP contribution is -2.52. The zero-order chi connectivity index (χ0) is 14.9. The van der Waals surface area contributed by atoms with Gasteiger partial charge in [-0.1, -0.05) is 6.07 Å². The first-order valence-electron chi connectivity index (χ1n) is 6.19. The van der Waals surface area contributed by atoms with Gasteiger partial charge in [0.15, 0.2) is 0 Å². The molecule has 1 saturated heterocycles. The number of carbonyl (C=O) groups excluding carboxylic acids is 1. The van der Waals surface area contributed by atoms with Gasteiger partial charge < -0.3 is 10.2 Å². The van der Waals surface area contributed by atoms with Crippen LogP contribution in [0.4, 0.5) is 17.6 Å². The van der Waals surface area contributed by atoms with Crippen LogP contribution in [0.5, 0.6) is 0 Å². The van der Waals surface area contributed by atoms with Crippen LogP contribution >= 0.6 is 12.4 Å². The van der Waals surface area contributed by atoms with Gasteiger partial charge >= 0.3 is 6.18 Å². The quantitative estimate of drug-likeness (QED) is 0.805. The summed E-state index contributed by atoms with van der Waals surface area (Å²) in [6, 6.07) is 2.58. The van der Waals surface area contributed by atoms with E-state index >= 15 is 0 Å². The van der Waals surface area contributed by atoms with Crippen molar-refractivity contribution in [1.29, 1.82) is 0 Å². The fourth-order valence-electron chi connectivity index (χ4n) is 2.21. The van der Waals surface area contributed by atoms with Crippen LogP contribution in [0.2, 0.25) is 0 Å². The molecule has 1 heterocycles. The molecular formula is C13H15ClF4N2O. The van der Waals surface area contributed by atoms with E-state index in [1.165, 1.54) is 4.90 Å². The van der Waals surface area contributed by atoms with E-state index in [0.717, 1.165) is 12.1 Å². The predicted octanol–water partition coefficient (Wildman–Crippen LogP) is 2.70. The van der Waals surface area contributed by atoms with Gasteiger partial charge in [-0.05, 0) is 19.1 Å². The number of halogens is 5. The van der Waals surface area contributed by atoms with Crippen LogP contribution in [0.25, 0.3) is 0 Å². The second-order valence-corrected chi connectivity index (χ2v) is 4.72. The molecule has 1 N–H and O–H groups in total. The van der Waals surface area contributed by atoms with Crippen LogP contribution in [-0.4, -0.2) is 36.5 Å². The molecule has 1 aromatic rings. The number of amides is 1. The Kier molecular flexibility index (Phi) is 5.58. The summed E-state index contributed by atoms with van der Waals surface area (Å²) in [5.41, 5.74) is -1.94. The topological polar surface area (TPSA) is 32.3 Å². The molecule has 118 valence electrons. The van der Waals surface area contributed by atoms with Crippen molar-refractivity contribution in [3.8, 4) is 0 Å². The number of hydrogen-bond donors (Lipinski definition) is 1. The fraction of sp³-hybridized carbons (Fsp3) is 0.462.